The van der Waals surface area contributed by atoms with Crippen molar-refractivity contribution in [2.75, 3.05) is 0 Å². The molecule has 122 valence electrons. The molecule has 0 spiro atoms. The second-order valence-electron chi connectivity index (χ2n) is 5.20. The van der Waals surface area contributed by atoms with Crippen molar-refractivity contribution in [1.29, 1.82) is 0 Å². The van der Waals surface area contributed by atoms with Gasteiger partial charge in [-0.2, -0.15) is 9.78 Å². The summed E-state index contributed by atoms with van der Waals surface area (Å²) >= 11 is 0. The van der Waals surface area contributed by atoms with Crippen LogP contribution in [-0.4, -0.2) is 29.6 Å². The van der Waals surface area contributed by atoms with Crippen molar-refractivity contribution in [2.24, 2.45) is 14.1 Å². The zero-order valence-electron chi connectivity index (χ0n) is 14.5. The van der Waals surface area contributed by atoms with E-state index < -0.39 is 5.69 Å². The van der Waals surface area contributed by atoms with Crippen LogP contribution in [0.3, 0.4) is 0 Å². The highest BCUT2D eigenvalue weighted by Crippen LogP contribution is 2.21. The third-order valence-electron chi connectivity index (χ3n) is 3.57. The van der Waals surface area contributed by atoms with Gasteiger partial charge in [0, 0.05) is 14.1 Å². The number of rotatable bonds is 4. The average molecular weight is 326 g/mol. The Morgan fingerprint density at radius 2 is 2.12 bits per heavy atom. The van der Waals surface area contributed by atoms with E-state index in [-0.39, 0.29) is 12.4 Å². The number of hydrogen-bond acceptors (Lipinski definition) is 5. The summed E-state index contributed by atoms with van der Waals surface area (Å²) in [4.78, 5) is 12.1. The highest BCUT2D eigenvalue weighted by Gasteiger charge is 2.20. The van der Waals surface area contributed by atoms with Gasteiger partial charge in [-0.25, -0.2) is 4.79 Å². The lowest BCUT2D eigenvalue weighted by atomic mass is 10.2. The van der Waals surface area contributed by atoms with E-state index in [0.29, 0.717) is 23.0 Å². The number of ether oxygens (including phenoxy) is 1. The predicted octanol–water partition coefficient (Wildman–Crippen LogP) is 0.568. The number of para-hydroxylation sites is 1. The Bertz CT molecular complexity index is 1040. The summed E-state index contributed by atoms with van der Waals surface area (Å²) in [5.41, 5.74) is 1.44. The summed E-state index contributed by atoms with van der Waals surface area (Å²) < 4.78 is 17.1. The topological polar surface area (TPSA) is 79.8 Å². The summed E-state index contributed by atoms with van der Waals surface area (Å²) in [7, 11) is 3.18. The summed E-state index contributed by atoms with van der Waals surface area (Å²) in [6, 6.07) is 5.47. The molecule has 8 nitrogen and oxygen atoms in total. The molecule has 1 aromatic carbocycles. The molecule has 0 unspecified atom stereocenters. The molecule has 24 heavy (non-hydrogen) atoms. The fraction of sp³-hybridized carbons (Fsp3) is 0.250. The number of terminal acetylenes is 1. The van der Waals surface area contributed by atoms with E-state index in [1.54, 1.807) is 25.2 Å². The molecule has 2 heterocycles. The molecule has 0 bridgehead atoms. The summed E-state index contributed by atoms with van der Waals surface area (Å²) in [6.07, 6.45) is 5.59. The van der Waals surface area contributed by atoms with Crippen molar-refractivity contribution in [3.05, 3.63) is 51.5 Å². The minimum atomic E-state index is -0.433. The minimum Gasteiger partial charge on any atom is -0.488 e. The SMILES string of the molecule is [3H]c1ccc(OCc2c(-n3nnn(C)c3=O)nn(C)c2C#C)c(C)c1. The largest absolute Gasteiger partial charge is 0.488 e. The molecule has 0 N–H and O–H groups in total. The predicted molar refractivity (Wildman–Crippen MR) is 86.8 cm³/mol. The molecule has 0 saturated heterocycles. The van der Waals surface area contributed by atoms with E-state index in [0.717, 1.165) is 14.9 Å². The van der Waals surface area contributed by atoms with Crippen molar-refractivity contribution < 1.29 is 6.11 Å². The van der Waals surface area contributed by atoms with Crippen LogP contribution < -0.4 is 10.4 Å². The van der Waals surface area contributed by atoms with Gasteiger partial charge >= 0.3 is 5.69 Å². The van der Waals surface area contributed by atoms with Crippen LogP contribution in [0.15, 0.2) is 29.0 Å². The van der Waals surface area contributed by atoms with Gasteiger partial charge < -0.3 is 4.74 Å². The van der Waals surface area contributed by atoms with Gasteiger partial charge in [0.15, 0.2) is 5.82 Å². The van der Waals surface area contributed by atoms with E-state index in [1.807, 2.05) is 6.92 Å². The van der Waals surface area contributed by atoms with Gasteiger partial charge in [-0.05, 0) is 29.0 Å². The number of tetrazole rings is 1. The first-order chi connectivity index (χ1) is 11.9. The first-order valence-electron chi connectivity index (χ1n) is 7.64. The lowest BCUT2D eigenvalue weighted by Crippen LogP contribution is -2.23. The van der Waals surface area contributed by atoms with E-state index in [9.17, 15) is 4.79 Å². The highest BCUT2D eigenvalue weighted by molar-refractivity contribution is 5.44. The highest BCUT2D eigenvalue weighted by atomic mass is 16.5. The Morgan fingerprint density at radius 3 is 2.75 bits per heavy atom. The number of aromatic nitrogens is 6. The van der Waals surface area contributed by atoms with Gasteiger partial charge in [-0.15, -0.1) is 11.1 Å². The molecular weight excluding hydrogens is 308 g/mol. The number of nitrogens with zero attached hydrogens (tertiary/aromatic N) is 6. The molecule has 3 aromatic rings. The second-order valence-corrected chi connectivity index (χ2v) is 5.20. The van der Waals surface area contributed by atoms with E-state index in [2.05, 4.69) is 21.4 Å². The summed E-state index contributed by atoms with van der Waals surface area (Å²) in [5, 5.41) is 11.8. The van der Waals surface area contributed by atoms with E-state index in [4.69, 9.17) is 12.5 Å². The van der Waals surface area contributed by atoms with Gasteiger partial charge in [-0.3, -0.25) is 4.68 Å². The van der Waals surface area contributed by atoms with Crippen LogP contribution in [0.5, 0.6) is 5.75 Å². The molecule has 2 aromatic heterocycles. The van der Waals surface area contributed by atoms with Crippen LogP contribution in [0.4, 0.5) is 0 Å². The monoisotopic (exact) mass is 326 g/mol. The first-order valence-corrected chi connectivity index (χ1v) is 7.14. The van der Waals surface area contributed by atoms with Crippen LogP contribution in [0, 0.1) is 19.3 Å². The maximum atomic E-state index is 12.1. The molecule has 3 rings (SSSR count). The molecule has 0 aliphatic rings. The van der Waals surface area contributed by atoms with Crippen molar-refractivity contribution in [3.63, 3.8) is 0 Å². The number of aryl methyl sites for hydroxylation is 3. The molecule has 0 atom stereocenters. The Labute approximate surface area is 139 Å². The lowest BCUT2D eigenvalue weighted by Gasteiger charge is -2.09. The zero-order valence-corrected chi connectivity index (χ0v) is 13.5. The summed E-state index contributed by atoms with van der Waals surface area (Å²) in [6.45, 7) is 1.96. The quantitative estimate of drug-likeness (QED) is 0.655. The average Bonchev–Trinajstić information content (AvgIpc) is 3.06. The van der Waals surface area contributed by atoms with Crippen molar-refractivity contribution in [2.45, 2.75) is 13.5 Å². The fourth-order valence-electron chi connectivity index (χ4n) is 2.30. The Morgan fingerprint density at radius 1 is 1.33 bits per heavy atom. The molecular formula is C16H16N6O2. The molecule has 0 aliphatic heterocycles. The lowest BCUT2D eigenvalue weighted by molar-refractivity contribution is 0.303. The molecule has 0 radical (unpaired) electrons. The molecule has 0 saturated carbocycles. The first kappa shape index (κ1) is 14.3. The van der Waals surface area contributed by atoms with E-state index in [1.165, 1.54) is 11.7 Å². The normalized spacial score (nSPS) is 11.2. The van der Waals surface area contributed by atoms with Crippen molar-refractivity contribution in [1.82, 2.24) is 29.6 Å². The van der Waals surface area contributed by atoms with Crippen LogP contribution in [0.2, 0.25) is 0 Å². The Balaban J connectivity index is 2.02. The Kier molecular flexibility index (Phi) is 3.59. The Hall–Kier alpha value is -3.34. The third kappa shape index (κ3) is 2.56. The number of hydrogen-bond donors (Lipinski definition) is 0. The second kappa shape index (κ2) is 6.04. The molecule has 0 aliphatic carbocycles. The van der Waals surface area contributed by atoms with Gasteiger partial charge in [0.25, 0.3) is 0 Å². The van der Waals surface area contributed by atoms with Crippen LogP contribution in [-0.2, 0) is 20.7 Å². The molecule has 0 amide bonds. The standard InChI is InChI=1S/C16H16N6O2/c1-5-13-12(10-24-14-9-7-6-8-11(14)2)15(17-20(13)3)22-16(23)21(4)18-19-22/h1,6-9H,10H2,2-4H3/i6T. The smallest absolute Gasteiger partial charge is 0.369 e. The van der Waals surface area contributed by atoms with Gasteiger partial charge in [0.05, 0.1) is 6.93 Å². The minimum absolute atomic E-state index is 0.101. The van der Waals surface area contributed by atoms with Gasteiger partial charge in [-0.1, -0.05) is 24.1 Å². The van der Waals surface area contributed by atoms with Crippen LogP contribution in [0.1, 0.15) is 18.2 Å². The summed E-state index contributed by atoms with van der Waals surface area (Å²) in [5.74, 6) is 3.47. The maximum Gasteiger partial charge on any atom is 0.369 e. The maximum absolute atomic E-state index is 12.1. The van der Waals surface area contributed by atoms with Gasteiger partial charge in [0.2, 0.25) is 0 Å². The fourth-order valence-corrected chi connectivity index (χ4v) is 2.30. The molecule has 0 fully saturated rings. The zero-order chi connectivity index (χ0) is 18.1. The third-order valence-corrected chi connectivity index (χ3v) is 3.57. The molecule has 8 heteroatoms. The van der Waals surface area contributed by atoms with Gasteiger partial charge in [0.1, 0.15) is 18.1 Å². The van der Waals surface area contributed by atoms with Crippen LogP contribution >= 0.6 is 0 Å². The van der Waals surface area contributed by atoms with Crippen molar-refractivity contribution in [3.8, 4) is 23.9 Å². The van der Waals surface area contributed by atoms with Crippen LogP contribution in [0.25, 0.3) is 5.82 Å². The number of benzene rings is 1. The van der Waals surface area contributed by atoms with E-state index >= 15 is 0 Å². The van der Waals surface area contributed by atoms with Crippen molar-refractivity contribution >= 4 is 0 Å².